The van der Waals surface area contributed by atoms with E-state index in [9.17, 15) is 14.0 Å². The van der Waals surface area contributed by atoms with E-state index in [1.54, 1.807) is 7.05 Å². The standard InChI is InChI=1S/C11H16FN3O4/c1-5-3-15(11(18)14-9(5)17)10-7(12)8(13-2)6(4-16)19-10/h3,6-8,10,13,16H,4H2,1-2H3,(H,14,17,18)/t6-,7+,8-,10?/m1/s1. The molecule has 0 saturated carbocycles. The average Bonchev–Trinajstić information content (AvgIpc) is 2.70. The minimum Gasteiger partial charge on any atom is -0.394 e. The summed E-state index contributed by atoms with van der Waals surface area (Å²) >= 11 is 0. The van der Waals surface area contributed by atoms with Crippen molar-refractivity contribution in [3.05, 3.63) is 32.6 Å². The lowest BCUT2D eigenvalue weighted by molar-refractivity contribution is -0.0409. The normalized spacial score (nSPS) is 30.7. The fraction of sp³-hybridized carbons (Fsp3) is 0.636. The second-order valence-electron chi connectivity index (χ2n) is 4.49. The van der Waals surface area contributed by atoms with Gasteiger partial charge in [0.2, 0.25) is 0 Å². The summed E-state index contributed by atoms with van der Waals surface area (Å²) < 4.78 is 20.6. The Kier molecular flexibility index (Phi) is 3.83. The molecule has 0 aliphatic carbocycles. The smallest absolute Gasteiger partial charge is 0.330 e. The molecule has 0 amide bonds. The molecular weight excluding hydrogens is 257 g/mol. The summed E-state index contributed by atoms with van der Waals surface area (Å²) in [7, 11) is 1.55. The van der Waals surface area contributed by atoms with Crippen LogP contribution in [-0.2, 0) is 4.74 Å². The molecule has 4 atom stereocenters. The van der Waals surface area contributed by atoms with Crippen LogP contribution in [0.4, 0.5) is 4.39 Å². The zero-order chi connectivity index (χ0) is 14.2. The molecule has 1 aliphatic heterocycles. The second kappa shape index (κ2) is 5.24. The SMILES string of the molecule is CN[C@H]1[C@H](F)C(n2cc(C)c(=O)[nH]c2=O)O[C@@H]1CO. The average molecular weight is 273 g/mol. The van der Waals surface area contributed by atoms with Crippen molar-refractivity contribution in [1.29, 1.82) is 0 Å². The Morgan fingerprint density at radius 1 is 1.58 bits per heavy atom. The fourth-order valence-electron chi connectivity index (χ4n) is 2.22. The molecule has 1 aromatic heterocycles. The molecule has 8 heteroatoms. The molecule has 1 aliphatic rings. The van der Waals surface area contributed by atoms with E-state index in [-0.39, 0.29) is 12.2 Å². The Balaban J connectivity index is 2.41. The number of aliphatic hydroxyl groups is 1. The van der Waals surface area contributed by atoms with Crippen molar-refractivity contribution in [1.82, 2.24) is 14.9 Å². The number of aliphatic hydroxyl groups excluding tert-OH is 1. The first-order chi connectivity index (χ1) is 8.99. The van der Waals surface area contributed by atoms with E-state index in [0.29, 0.717) is 0 Å². The molecule has 1 aromatic rings. The van der Waals surface area contributed by atoms with E-state index in [1.807, 2.05) is 0 Å². The van der Waals surface area contributed by atoms with Crippen molar-refractivity contribution < 1.29 is 14.2 Å². The number of rotatable bonds is 3. The molecule has 0 spiro atoms. The summed E-state index contributed by atoms with van der Waals surface area (Å²) in [6, 6.07) is -0.714. The largest absolute Gasteiger partial charge is 0.394 e. The lowest BCUT2D eigenvalue weighted by Gasteiger charge is -2.17. The van der Waals surface area contributed by atoms with E-state index in [4.69, 9.17) is 9.84 Å². The number of nitrogens with one attached hydrogen (secondary N) is 2. The highest BCUT2D eigenvalue weighted by atomic mass is 19.1. The number of hydrogen-bond donors (Lipinski definition) is 3. The minimum absolute atomic E-state index is 0.281. The predicted molar refractivity (Wildman–Crippen MR) is 64.8 cm³/mol. The van der Waals surface area contributed by atoms with Crippen molar-refractivity contribution in [3.63, 3.8) is 0 Å². The van der Waals surface area contributed by atoms with Gasteiger partial charge in [-0.15, -0.1) is 0 Å². The van der Waals surface area contributed by atoms with Gasteiger partial charge in [-0.25, -0.2) is 9.18 Å². The topological polar surface area (TPSA) is 96.4 Å². The van der Waals surface area contributed by atoms with Crippen LogP contribution < -0.4 is 16.6 Å². The Bertz CT molecular complexity index is 570. The van der Waals surface area contributed by atoms with Gasteiger partial charge in [0, 0.05) is 11.8 Å². The van der Waals surface area contributed by atoms with Gasteiger partial charge in [0.25, 0.3) is 5.56 Å². The second-order valence-corrected chi connectivity index (χ2v) is 4.49. The van der Waals surface area contributed by atoms with E-state index in [0.717, 1.165) is 4.57 Å². The number of H-pyrrole nitrogens is 1. The van der Waals surface area contributed by atoms with Gasteiger partial charge in [-0.3, -0.25) is 14.3 Å². The molecule has 7 nitrogen and oxygen atoms in total. The van der Waals surface area contributed by atoms with Gasteiger partial charge in [0.15, 0.2) is 12.4 Å². The highest BCUT2D eigenvalue weighted by Crippen LogP contribution is 2.30. The lowest BCUT2D eigenvalue weighted by atomic mass is 10.1. The van der Waals surface area contributed by atoms with Crippen molar-refractivity contribution in [3.8, 4) is 0 Å². The molecule has 3 N–H and O–H groups in total. The number of aryl methyl sites for hydroxylation is 1. The molecule has 0 aromatic carbocycles. The monoisotopic (exact) mass is 273 g/mol. The first-order valence-corrected chi connectivity index (χ1v) is 5.89. The molecule has 0 radical (unpaired) electrons. The van der Waals surface area contributed by atoms with Gasteiger partial charge in [0.05, 0.1) is 12.6 Å². The number of nitrogens with zero attached hydrogens (tertiary/aromatic N) is 1. The van der Waals surface area contributed by atoms with Crippen LogP contribution in [0, 0.1) is 6.92 Å². The number of ether oxygens (including phenoxy) is 1. The number of hydrogen-bond acceptors (Lipinski definition) is 5. The molecule has 2 rings (SSSR count). The van der Waals surface area contributed by atoms with Crippen molar-refractivity contribution >= 4 is 0 Å². The van der Waals surface area contributed by atoms with Gasteiger partial charge < -0.3 is 15.2 Å². The van der Waals surface area contributed by atoms with Gasteiger partial charge in [0.1, 0.15) is 6.10 Å². The Hall–Kier alpha value is -1.51. The molecule has 1 saturated heterocycles. The van der Waals surface area contributed by atoms with E-state index >= 15 is 0 Å². The van der Waals surface area contributed by atoms with Crippen molar-refractivity contribution in [2.75, 3.05) is 13.7 Å². The van der Waals surface area contributed by atoms with Crippen LogP contribution in [0.25, 0.3) is 0 Å². The molecular formula is C11H16FN3O4. The van der Waals surface area contributed by atoms with Crippen molar-refractivity contribution in [2.45, 2.75) is 31.5 Å². The van der Waals surface area contributed by atoms with Crippen LogP contribution in [0.5, 0.6) is 0 Å². The Morgan fingerprint density at radius 2 is 2.26 bits per heavy atom. The molecule has 19 heavy (non-hydrogen) atoms. The molecule has 106 valence electrons. The molecule has 1 fully saturated rings. The predicted octanol–water partition coefficient (Wildman–Crippen LogP) is -1.34. The summed E-state index contributed by atoms with van der Waals surface area (Å²) in [6.45, 7) is 1.15. The third kappa shape index (κ3) is 2.34. The summed E-state index contributed by atoms with van der Waals surface area (Å²) in [6.07, 6.45) is -2.17. The van der Waals surface area contributed by atoms with Crippen LogP contribution in [0.15, 0.2) is 15.8 Å². The Labute approximate surface area is 108 Å². The van der Waals surface area contributed by atoms with Gasteiger partial charge in [-0.1, -0.05) is 0 Å². The number of likely N-dealkylation sites (N-methyl/N-ethyl adjacent to an activating group) is 1. The van der Waals surface area contributed by atoms with E-state index < -0.39 is 35.8 Å². The maximum Gasteiger partial charge on any atom is 0.330 e. The summed E-state index contributed by atoms with van der Waals surface area (Å²) in [5.41, 5.74) is -0.973. The zero-order valence-electron chi connectivity index (χ0n) is 10.6. The van der Waals surface area contributed by atoms with Crippen LogP contribution in [-0.4, -0.2) is 46.6 Å². The molecule has 2 heterocycles. The lowest BCUT2D eigenvalue weighted by Crippen LogP contribution is -2.42. The van der Waals surface area contributed by atoms with Crippen LogP contribution >= 0.6 is 0 Å². The quantitative estimate of drug-likeness (QED) is 0.633. The summed E-state index contributed by atoms with van der Waals surface area (Å²) in [4.78, 5) is 25.1. The number of alkyl halides is 1. The third-order valence-corrected chi connectivity index (χ3v) is 3.26. The minimum atomic E-state index is -1.51. The van der Waals surface area contributed by atoms with Crippen LogP contribution in [0.2, 0.25) is 0 Å². The van der Waals surface area contributed by atoms with Crippen LogP contribution in [0.1, 0.15) is 11.8 Å². The zero-order valence-corrected chi connectivity index (χ0v) is 10.6. The fourth-order valence-corrected chi connectivity index (χ4v) is 2.22. The maximum atomic E-state index is 14.2. The number of aromatic nitrogens is 2. The van der Waals surface area contributed by atoms with E-state index in [2.05, 4.69) is 10.3 Å². The third-order valence-electron chi connectivity index (χ3n) is 3.26. The van der Waals surface area contributed by atoms with Gasteiger partial charge in [-0.2, -0.15) is 0 Å². The number of halogens is 1. The molecule has 0 bridgehead atoms. The maximum absolute atomic E-state index is 14.2. The highest BCUT2D eigenvalue weighted by Gasteiger charge is 2.45. The van der Waals surface area contributed by atoms with Gasteiger partial charge in [-0.05, 0) is 14.0 Å². The van der Waals surface area contributed by atoms with Crippen LogP contribution in [0.3, 0.4) is 0 Å². The van der Waals surface area contributed by atoms with Gasteiger partial charge >= 0.3 is 5.69 Å². The number of aromatic amines is 1. The Morgan fingerprint density at radius 3 is 2.79 bits per heavy atom. The molecule has 1 unspecified atom stereocenters. The first-order valence-electron chi connectivity index (χ1n) is 5.89. The van der Waals surface area contributed by atoms with Crippen molar-refractivity contribution in [2.24, 2.45) is 0 Å². The summed E-state index contributed by atoms with van der Waals surface area (Å²) in [5, 5.41) is 11.9. The first kappa shape index (κ1) is 13.9. The van der Waals surface area contributed by atoms with E-state index in [1.165, 1.54) is 13.1 Å². The summed E-state index contributed by atoms with van der Waals surface area (Å²) in [5.74, 6) is 0. The highest BCUT2D eigenvalue weighted by molar-refractivity contribution is 5.03.